The number of piperidine rings is 1. The number of H-pyrrole nitrogens is 1. The Morgan fingerprint density at radius 1 is 0.938 bits per heavy atom. The largest absolute Gasteiger partial charge is 0.508 e. The predicted molar refractivity (Wildman–Crippen MR) is 243 cm³/mol. The number of aromatic hydroxyl groups is 3. The van der Waals surface area contributed by atoms with E-state index in [1.807, 2.05) is 46.8 Å². The molecule has 3 aromatic heterocycles. The van der Waals surface area contributed by atoms with E-state index in [9.17, 15) is 34.5 Å². The Hall–Kier alpha value is -6.74. The molecule has 1 atom stereocenters. The molecular weight excluding hydrogens is 817 g/mol. The Morgan fingerprint density at radius 3 is 2.34 bits per heavy atom. The molecular formula is C49H56N6O9. The van der Waals surface area contributed by atoms with Gasteiger partial charge in [0.1, 0.15) is 23.9 Å². The maximum atomic E-state index is 13.1. The average Bonchev–Trinajstić information content (AvgIpc) is 3.87. The first-order valence-corrected chi connectivity index (χ1v) is 22.1. The van der Waals surface area contributed by atoms with Gasteiger partial charge in [-0.15, -0.1) is 0 Å². The number of nitrogens with one attached hydrogen (secondary N) is 1. The topological polar surface area (TPSA) is 202 Å². The van der Waals surface area contributed by atoms with E-state index in [1.165, 1.54) is 48.5 Å². The Kier molecular flexibility index (Phi) is 13.7. The number of likely N-dealkylation sites (tertiary alicyclic amines) is 1. The smallest absolute Gasteiger partial charge is 0.352 e. The van der Waals surface area contributed by atoms with Gasteiger partial charge in [-0.05, 0) is 123 Å². The highest BCUT2D eigenvalue weighted by atomic mass is 16.6. The third-order valence-corrected chi connectivity index (χ3v) is 12.5. The average molecular weight is 873 g/mol. The van der Waals surface area contributed by atoms with Crippen molar-refractivity contribution in [2.75, 3.05) is 19.6 Å². The van der Waals surface area contributed by atoms with Crippen molar-refractivity contribution < 1.29 is 34.4 Å². The Bertz CT molecular complexity index is 2800. The molecule has 0 bridgehead atoms. The molecule has 0 spiro atoms. The fourth-order valence-electron chi connectivity index (χ4n) is 9.00. The van der Waals surface area contributed by atoms with E-state index in [1.54, 1.807) is 34.9 Å². The lowest BCUT2D eigenvalue weighted by atomic mass is 9.90. The number of rotatable bonds is 10. The van der Waals surface area contributed by atoms with Crippen LogP contribution in [0.5, 0.6) is 17.2 Å². The molecule has 9 rings (SSSR count). The fourth-order valence-corrected chi connectivity index (χ4v) is 9.00. The van der Waals surface area contributed by atoms with E-state index in [-0.39, 0.29) is 47.5 Å². The molecule has 1 saturated heterocycles. The molecule has 3 aliphatic rings. The summed E-state index contributed by atoms with van der Waals surface area (Å²) in [6, 6.07) is 17.7. The van der Waals surface area contributed by atoms with E-state index < -0.39 is 12.1 Å². The van der Waals surface area contributed by atoms with Crippen molar-refractivity contribution in [3.05, 3.63) is 115 Å². The van der Waals surface area contributed by atoms with Crippen LogP contribution in [0.2, 0.25) is 0 Å². The molecule has 6 aromatic rings. The summed E-state index contributed by atoms with van der Waals surface area (Å²) in [5, 5.41) is 38.0. The van der Waals surface area contributed by atoms with Gasteiger partial charge in [0.2, 0.25) is 6.10 Å². The lowest BCUT2D eigenvalue weighted by Gasteiger charge is -2.31. The van der Waals surface area contributed by atoms with Crippen LogP contribution >= 0.6 is 0 Å². The lowest BCUT2D eigenvalue weighted by molar-refractivity contribution is -0.165. The zero-order chi connectivity index (χ0) is 45.8. The highest BCUT2D eigenvalue weighted by molar-refractivity contribution is 5.89. The number of carbonyl (C=O) groups excluding carboxylic acids is 2. The number of ether oxygens (including phenoxy) is 2. The first kappa shape index (κ1) is 45.3. The van der Waals surface area contributed by atoms with Gasteiger partial charge in [0.05, 0.1) is 40.3 Å². The van der Waals surface area contributed by atoms with Gasteiger partial charge >= 0.3 is 11.7 Å². The molecule has 0 amide bonds. The second-order valence-corrected chi connectivity index (χ2v) is 16.4. The maximum absolute atomic E-state index is 13.1. The second kappa shape index (κ2) is 19.3. The molecule has 1 unspecified atom stereocenters. The Balaban J connectivity index is 0.000000186. The number of hydrogen-bond donors (Lipinski definition) is 4. The van der Waals surface area contributed by atoms with Crippen molar-refractivity contribution in [1.29, 1.82) is 0 Å². The molecule has 15 nitrogen and oxygen atoms in total. The number of hydrogen-bond acceptors (Lipinski definition) is 12. The van der Waals surface area contributed by atoms with Crippen LogP contribution in [0.15, 0.2) is 70.3 Å². The van der Waals surface area contributed by atoms with Gasteiger partial charge in [0, 0.05) is 22.6 Å². The molecule has 0 radical (unpaired) electrons. The molecule has 1 fully saturated rings. The molecule has 64 heavy (non-hydrogen) atoms. The molecule has 3 aliphatic heterocycles. The number of phenolic OH excluding ortho intramolecular Hbond substituents is 3. The zero-order valence-electron chi connectivity index (χ0n) is 37.2. The van der Waals surface area contributed by atoms with Crippen molar-refractivity contribution >= 4 is 23.3 Å². The third-order valence-electron chi connectivity index (χ3n) is 12.5. The number of esters is 1. The summed E-state index contributed by atoms with van der Waals surface area (Å²) in [5.41, 5.74) is 6.84. The molecule has 336 valence electrons. The minimum atomic E-state index is -1.26. The monoisotopic (exact) mass is 872 g/mol. The van der Waals surface area contributed by atoms with Crippen LogP contribution < -0.4 is 11.2 Å². The summed E-state index contributed by atoms with van der Waals surface area (Å²) in [6.45, 7) is 16.1. The van der Waals surface area contributed by atoms with Gasteiger partial charge < -0.3 is 34.3 Å². The van der Waals surface area contributed by atoms with E-state index in [2.05, 4.69) is 34.2 Å². The number of carbonyl (C=O) groups is 2. The second-order valence-electron chi connectivity index (χ2n) is 16.4. The maximum Gasteiger partial charge on any atom is 0.352 e. The number of pyridine rings is 2. The Labute approximate surface area is 370 Å². The van der Waals surface area contributed by atoms with Crippen LogP contribution in [0.4, 0.5) is 0 Å². The molecule has 4 N–H and O–H groups in total. The van der Waals surface area contributed by atoms with Crippen molar-refractivity contribution in [1.82, 2.24) is 29.2 Å². The highest BCUT2D eigenvalue weighted by Gasteiger charge is 2.37. The molecule has 6 heterocycles. The minimum absolute atomic E-state index is 0.0282. The van der Waals surface area contributed by atoms with Gasteiger partial charge in [-0.25, -0.2) is 24.2 Å². The van der Waals surface area contributed by atoms with Crippen LogP contribution in [0.1, 0.15) is 106 Å². The number of aromatic amines is 1. The van der Waals surface area contributed by atoms with Crippen LogP contribution in [0.25, 0.3) is 39.4 Å². The molecule has 0 saturated carbocycles. The number of benzene rings is 3. The minimum Gasteiger partial charge on any atom is -0.508 e. The van der Waals surface area contributed by atoms with Crippen molar-refractivity contribution in [3.8, 4) is 45.7 Å². The van der Waals surface area contributed by atoms with E-state index in [0.717, 1.165) is 35.4 Å². The van der Waals surface area contributed by atoms with Gasteiger partial charge in [-0.1, -0.05) is 53.7 Å². The third kappa shape index (κ3) is 8.76. The van der Waals surface area contributed by atoms with E-state index in [4.69, 9.17) is 14.5 Å². The normalized spacial score (nSPS) is 15.6. The van der Waals surface area contributed by atoms with E-state index >= 15 is 0 Å². The summed E-state index contributed by atoms with van der Waals surface area (Å²) in [5.74, 6) is 0.503. The van der Waals surface area contributed by atoms with Crippen LogP contribution in [0, 0.1) is 5.92 Å². The summed E-state index contributed by atoms with van der Waals surface area (Å²) >= 11 is 0. The van der Waals surface area contributed by atoms with Crippen LogP contribution in [0.3, 0.4) is 0 Å². The van der Waals surface area contributed by atoms with Gasteiger partial charge in [0.15, 0.2) is 5.82 Å². The molecule has 15 heteroatoms. The van der Waals surface area contributed by atoms with E-state index in [0.29, 0.717) is 63.6 Å². The molecule has 0 aliphatic carbocycles. The SMILES string of the molecule is CC.CCN1CCC(CCc2ccc(-n3c(-c4cc(C(C)C)c(O)cc4O)n[nH]c3=O)cc2)CC1.CCc1c2c(nc3ccc(O)cc13)-c1cc3c(c(=O)n1C2)COC(=O)C3OC=O. The van der Waals surface area contributed by atoms with Gasteiger partial charge in [0.25, 0.3) is 12.0 Å². The summed E-state index contributed by atoms with van der Waals surface area (Å²) in [7, 11) is 0. The number of cyclic esters (lactones) is 1. The first-order valence-electron chi connectivity index (χ1n) is 22.1. The van der Waals surface area contributed by atoms with Gasteiger partial charge in [-0.2, -0.15) is 5.10 Å². The number of nitrogens with zero attached hydrogens (tertiary/aromatic N) is 5. The van der Waals surface area contributed by atoms with Crippen LogP contribution in [-0.2, 0) is 45.1 Å². The highest BCUT2D eigenvalue weighted by Crippen LogP contribution is 2.40. The quantitative estimate of drug-likeness (QED) is 0.0784. The predicted octanol–water partition coefficient (Wildman–Crippen LogP) is 7.42. The summed E-state index contributed by atoms with van der Waals surface area (Å²) in [4.78, 5) is 55.9. The number of aryl methyl sites for hydroxylation is 2. The van der Waals surface area contributed by atoms with Crippen molar-refractivity contribution in [3.63, 3.8) is 0 Å². The summed E-state index contributed by atoms with van der Waals surface area (Å²) in [6.07, 6.45) is 4.20. The lowest BCUT2D eigenvalue weighted by Crippen LogP contribution is -2.33. The van der Waals surface area contributed by atoms with Crippen molar-refractivity contribution in [2.45, 2.75) is 98.8 Å². The van der Waals surface area contributed by atoms with Crippen molar-refractivity contribution in [2.24, 2.45) is 5.92 Å². The number of phenols is 3. The van der Waals surface area contributed by atoms with Gasteiger partial charge in [-0.3, -0.25) is 9.59 Å². The van der Waals surface area contributed by atoms with Crippen LogP contribution in [-0.4, -0.2) is 76.6 Å². The Morgan fingerprint density at radius 2 is 1.67 bits per heavy atom. The number of fused-ring (bicyclic) bond motifs is 5. The fraction of sp³-hybridized carbons (Fsp3) is 0.388. The summed E-state index contributed by atoms with van der Waals surface area (Å²) < 4.78 is 13.0. The molecule has 3 aromatic carbocycles. The standard InChI is InChI=1S/C26H34N4O3.C21H16N2O6.C2H6/c1-4-29-13-11-19(12-14-29)6-5-18-7-9-20(10-8-18)30-25(27-28-26(30)33)22-15-21(17(2)3)23(31)16-24(22)32;1-2-11-12-5-10(25)3-4-16(12)22-18-14(11)7-23-17(18)6-13-15(20(23)26)8-28-21(27)19(13)29-9-24;1-2/h7-10,15-17,19,31-32H,4-6,11-14H2,1-3H3,(H,28,33);3-6,9,19,25H,2,7-8H2,1H3;1-2H3. The zero-order valence-corrected chi connectivity index (χ0v) is 37.2. The number of aromatic nitrogens is 5. The first-order chi connectivity index (χ1) is 30.9.